The molecule has 0 amide bonds. The molecule has 0 bridgehead atoms. The number of aliphatic hydroxyl groups is 1. The lowest BCUT2D eigenvalue weighted by molar-refractivity contribution is -0.151. The second kappa shape index (κ2) is 47.3. The maximum Gasteiger partial charge on any atom is 0.323 e. The maximum absolute atomic E-state index is 12.6. The quantitative estimate of drug-likeness (QED) is 0.00723. The largest absolute Gasteiger partial charge is 0.461 e. The number of anilines is 3. The number of aldehydes is 1. The van der Waals surface area contributed by atoms with Crippen molar-refractivity contribution in [3.05, 3.63) is 116 Å². The lowest BCUT2D eigenvalue weighted by Crippen LogP contribution is -2.41. The molecule has 1 saturated carbocycles. The number of carbonyl (C=O) groups excluding carboxylic acids is 3. The summed E-state index contributed by atoms with van der Waals surface area (Å²) in [5.74, 6) is 0.173. The van der Waals surface area contributed by atoms with Gasteiger partial charge in [0.15, 0.2) is 72.4 Å². The number of sulfone groups is 4. The summed E-state index contributed by atoms with van der Waals surface area (Å²) in [5, 5.41) is 26.8. The minimum absolute atomic E-state index is 0.0392. The molecular formula is C73H98BrCl4N9O17S8. The van der Waals surface area contributed by atoms with E-state index in [-0.39, 0.29) is 82.8 Å². The molecule has 7 aromatic rings. The van der Waals surface area contributed by atoms with E-state index in [1.807, 2.05) is 32.9 Å². The van der Waals surface area contributed by atoms with E-state index in [1.54, 1.807) is 55.5 Å². The topological polar surface area (TPSA) is 379 Å². The number of benzene rings is 4. The molecule has 39 heteroatoms. The number of aryl methyl sites for hydroxylation is 3. The zero-order valence-electron chi connectivity index (χ0n) is 64.0. The molecule has 620 valence electrons. The fourth-order valence-electron chi connectivity index (χ4n) is 10.7. The molecule has 2 saturated heterocycles. The molecule has 112 heavy (non-hydrogen) atoms. The van der Waals surface area contributed by atoms with Gasteiger partial charge in [-0.1, -0.05) is 134 Å². The van der Waals surface area contributed by atoms with Crippen LogP contribution in [-0.4, -0.2) is 192 Å². The van der Waals surface area contributed by atoms with Crippen LogP contribution in [0, 0.1) is 26.7 Å². The van der Waals surface area contributed by atoms with Crippen molar-refractivity contribution < 1.29 is 76.8 Å². The van der Waals surface area contributed by atoms with Gasteiger partial charge in [0.25, 0.3) is 0 Å². The van der Waals surface area contributed by atoms with E-state index in [0.29, 0.717) is 87.3 Å². The van der Waals surface area contributed by atoms with Crippen LogP contribution in [-0.2, 0) is 77.4 Å². The van der Waals surface area contributed by atoms with Crippen LogP contribution in [0.25, 0.3) is 31.3 Å². The molecule has 3 fully saturated rings. The first kappa shape index (κ1) is 97.4. The summed E-state index contributed by atoms with van der Waals surface area (Å²) in [5.41, 5.74) is 10.6. The Labute approximate surface area is 703 Å². The molecule has 26 nitrogen and oxygen atoms in total. The van der Waals surface area contributed by atoms with Crippen molar-refractivity contribution in [1.29, 1.82) is 0 Å². The summed E-state index contributed by atoms with van der Waals surface area (Å²) in [6.45, 7) is 19.2. The summed E-state index contributed by atoms with van der Waals surface area (Å²) < 4.78 is 121. The zero-order valence-corrected chi connectivity index (χ0v) is 75.1. The van der Waals surface area contributed by atoms with Crippen LogP contribution in [0.2, 0.25) is 20.1 Å². The first-order valence-corrected chi connectivity index (χ1v) is 48.3. The number of Topliss-reactive ketones (excluding diaryl/α,β-unsaturated/α-hetero) is 1. The number of nitrogens with one attached hydrogen (secondary N) is 5. The monoisotopic (exact) mass is 1850 g/mol. The Hall–Kier alpha value is -5.13. The lowest BCUT2D eigenvalue weighted by atomic mass is 10.0. The molecule has 5 heterocycles. The third-order valence-corrected chi connectivity index (χ3v) is 27.1. The highest BCUT2D eigenvalue weighted by atomic mass is 79.9. The lowest BCUT2D eigenvalue weighted by Gasteiger charge is -2.21. The molecule has 10 rings (SSSR count). The first-order valence-electron chi connectivity index (χ1n) is 35.4. The molecule has 4 aromatic carbocycles. The van der Waals surface area contributed by atoms with Crippen LogP contribution in [0.3, 0.4) is 0 Å². The smallest absolute Gasteiger partial charge is 0.323 e. The van der Waals surface area contributed by atoms with Crippen LogP contribution in [0.4, 0.5) is 15.4 Å². The minimum atomic E-state index is -3.42. The van der Waals surface area contributed by atoms with Crippen LogP contribution < -0.4 is 32.3 Å². The summed E-state index contributed by atoms with van der Waals surface area (Å²) in [4.78, 5) is 50.2. The predicted octanol–water partition coefficient (Wildman–Crippen LogP) is 14.3. The van der Waals surface area contributed by atoms with Crippen molar-refractivity contribution in [1.82, 2.24) is 25.6 Å². The summed E-state index contributed by atoms with van der Waals surface area (Å²) in [6, 6.07) is 19.2. The van der Waals surface area contributed by atoms with Crippen molar-refractivity contribution in [2.75, 3.05) is 107 Å². The van der Waals surface area contributed by atoms with Gasteiger partial charge in [-0.2, -0.15) is 0 Å². The number of rotatable bonds is 30. The number of alkyl halides is 1. The zero-order chi connectivity index (χ0) is 83.3. The molecule has 1 unspecified atom stereocenters. The Morgan fingerprint density at radius 3 is 1.35 bits per heavy atom. The summed E-state index contributed by atoms with van der Waals surface area (Å²) in [6.07, 6.45) is 13.0. The third kappa shape index (κ3) is 33.1. The number of thiocarbonyl (C=S) groups is 1. The van der Waals surface area contributed by atoms with E-state index in [2.05, 4.69) is 83.5 Å². The van der Waals surface area contributed by atoms with Gasteiger partial charge < -0.3 is 65.9 Å². The van der Waals surface area contributed by atoms with Gasteiger partial charge in [-0.25, -0.2) is 48.6 Å². The number of ether oxygens (including phenoxy) is 5. The number of thiazole rings is 3. The van der Waals surface area contributed by atoms with Gasteiger partial charge in [-0.05, 0) is 169 Å². The van der Waals surface area contributed by atoms with E-state index in [4.69, 9.17) is 80.9 Å². The van der Waals surface area contributed by atoms with Crippen molar-refractivity contribution in [3.63, 3.8) is 0 Å². The van der Waals surface area contributed by atoms with Gasteiger partial charge in [0, 0.05) is 77.1 Å². The number of carbonyl (C=O) groups is 3. The normalized spacial score (nSPS) is 14.5. The van der Waals surface area contributed by atoms with Gasteiger partial charge in [0.1, 0.15) is 24.2 Å². The highest BCUT2D eigenvalue weighted by Gasteiger charge is 2.28. The van der Waals surface area contributed by atoms with E-state index < -0.39 is 44.2 Å². The molecule has 2 aliphatic heterocycles. The van der Waals surface area contributed by atoms with E-state index in [9.17, 15) is 48.1 Å². The molecular weight excluding hydrogens is 1750 g/mol. The number of hydrogen-bond donors (Lipinski definition) is 7. The van der Waals surface area contributed by atoms with E-state index in [1.165, 1.54) is 53.1 Å². The van der Waals surface area contributed by atoms with Gasteiger partial charge in [-0.15, -0.1) is 0 Å². The summed E-state index contributed by atoms with van der Waals surface area (Å²) >= 11 is 36.0. The number of ketones is 1. The Bertz CT molecular complexity index is 4730. The molecule has 1 aliphatic carbocycles. The number of aromatic nitrogens is 3. The van der Waals surface area contributed by atoms with Crippen molar-refractivity contribution in [2.24, 2.45) is 11.7 Å². The standard InChI is InChI=1S/C25H36ClN3O4S2.C16H19ClN2O4S2.C14H15ClN2O3S2.C10H10BrClO3S.C6H12N2O2S.C2H6O/c1-16(2)14-21(24(30)33-19-8-5-6-9-19)27-12-7-13-28-25-29-17(3)23(34-25)18-10-11-20(26)22(15-18)35(4,31)32;1-10-15(11-3-4-12(17)13(9-11)25(2,20)21)24-16(19-10)18-6-5-14-22-7-8-23-14;1-9-13(21-14(17-9)16-6-3-7-18)10-4-5-11(15)12(8-10)22(2,19)20;1-6(13)10(11)7-3-4-8(12)9(5-7)16(2,14)15;7-6(11)8-2-1-5-9-3-4-10-5;1-2-3/h10-11,15-16,19,21,27H,5-9,12-14H2,1-4H3,(H,28,29);3-4,9,14H,5-8H2,1-2H3,(H,18,19);4-5,7-8H,3,6H2,1-2H3,(H,16,17);3-5,10H,1-2H3;5H,1-4H2,(H3,7,8,11);3H,2H2,1H3/t21-;;;;;/m0...../s1. The third-order valence-electron chi connectivity index (χ3n) is 16.0. The number of esters is 1. The highest BCUT2D eigenvalue weighted by Crippen LogP contribution is 2.40. The highest BCUT2D eigenvalue weighted by molar-refractivity contribution is 9.09. The second-order valence-corrected chi connectivity index (χ2v) is 40.0. The average molecular weight is 1850 g/mol. The fourth-order valence-corrected chi connectivity index (χ4v) is 19.3. The molecule has 2 atom stereocenters. The van der Waals surface area contributed by atoms with Crippen LogP contribution in [0.1, 0.15) is 113 Å². The first-order chi connectivity index (χ1) is 52.6. The van der Waals surface area contributed by atoms with Gasteiger partial charge in [0.05, 0.1) is 103 Å². The molecule has 3 aromatic heterocycles. The number of halogens is 5. The van der Waals surface area contributed by atoms with E-state index >= 15 is 0 Å². The number of aliphatic hydroxyl groups excluding tert-OH is 1. The Kier molecular flexibility index (Phi) is 41.2. The minimum Gasteiger partial charge on any atom is -0.461 e. The van der Waals surface area contributed by atoms with Crippen molar-refractivity contribution in [2.45, 2.75) is 155 Å². The average Bonchev–Trinajstić information content (AvgIpc) is 1.67. The van der Waals surface area contributed by atoms with E-state index in [0.717, 1.165) is 141 Å². The fraction of sp³-hybridized carbons (Fsp3) is 0.493. The summed E-state index contributed by atoms with van der Waals surface area (Å²) in [7, 11) is -13.6. The van der Waals surface area contributed by atoms with Crippen molar-refractivity contribution >= 4 is 186 Å². The Balaban J connectivity index is 0.000000259. The number of nitrogens with zero attached hydrogens (tertiary/aromatic N) is 3. The van der Waals surface area contributed by atoms with Crippen LogP contribution in [0.5, 0.6) is 0 Å². The molecule has 8 N–H and O–H groups in total. The molecule has 0 radical (unpaired) electrons. The number of hydrogen-bond acceptors (Lipinski definition) is 28. The molecule has 0 spiro atoms. The molecule has 3 aliphatic rings. The second-order valence-electron chi connectivity index (χ2n) is 26.1. The predicted molar refractivity (Wildman–Crippen MR) is 457 cm³/mol. The van der Waals surface area contributed by atoms with Gasteiger partial charge >= 0.3 is 5.97 Å². The van der Waals surface area contributed by atoms with Crippen molar-refractivity contribution in [3.8, 4) is 31.3 Å². The maximum atomic E-state index is 12.6. The number of nitrogens with two attached hydrogens (primary N) is 1. The Morgan fingerprint density at radius 2 is 0.982 bits per heavy atom. The van der Waals surface area contributed by atoms with Gasteiger partial charge in [0.2, 0.25) is 0 Å². The van der Waals surface area contributed by atoms with Gasteiger partial charge in [-0.3, -0.25) is 9.59 Å². The Morgan fingerprint density at radius 1 is 0.616 bits per heavy atom. The SMILES string of the molecule is CC(=O)C(Br)c1ccc(Cl)c(S(C)(=O)=O)c1.CCO.Cc1nc(NCCC2OCCO2)sc1-c1ccc(Cl)c(S(C)(=O)=O)c1.Cc1nc(NCCC=O)sc1-c1ccc(Cl)c(S(C)(=O)=O)c1.Cc1nc(NCCCN[C@@H](CC(C)C)C(=O)OC2CCCC2)sc1-c1ccc(Cl)c(S(C)(=O)=O)c1.NC(=S)NCCC1OCCO1. The van der Waals surface area contributed by atoms with Crippen LogP contribution >= 0.6 is 109 Å². The van der Waals surface area contributed by atoms with Crippen LogP contribution in [0.15, 0.2) is 92.4 Å².